The molecule has 0 radical (unpaired) electrons. The van der Waals surface area contributed by atoms with Gasteiger partial charge in [0.1, 0.15) is 0 Å². The van der Waals surface area contributed by atoms with Gasteiger partial charge in [0.05, 0.1) is 0 Å². The van der Waals surface area contributed by atoms with Gasteiger partial charge in [0.25, 0.3) is 0 Å². The Labute approximate surface area is 110 Å². The van der Waals surface area contributed by atoms with Crippen molar-refractivity contribution in [3.8, 4) is 0 Å². The number of aryl methyl sites for hydroxylation is 2. The van der Waals surface area contributed by atoms with Crippen LogP contribution in [-0.2, 0) is 0 Å². The Morgan fingerprint density at radius 1 is 0.944 bits per heavy atom. The average Bonchev–Trinajstić information content (AvgIpc) is 2.94. The van der Waals surface area contributed by atoms with Gasteiger partial charge in [0.15, 0.2) is 5.78 Å². The average molecular weight is 242 g/mol. The van der Waals surface area contributed by atoms with E-state index in [1.165, 1.54) is 28.7 Å². The molecule has 2 fully saturated rings. The number of Topliss-reactive ketones (excluding diaryl/α,β-unsaturated/α-hetero) is 1. The Morgan fingerprint density at radius 2 is 1.44 bits per heavy atom. The zero-order valence-electron chi connectivity index (χ0n) is 11.8. The number of rotatable bonds is 2. The van der Waals surface area contributed by atoms with E-state index in [0.29, 0.717) is 11.7 Å². The summed E-state index contributed by atoms with van der Waals surface area (Å²) in [5.74, 6) is 2.49. The molecule has 2 aliphatic carbocycles. The molecule has 1 aromatic carbocycles. The van der Waals surface area contributed by atoms with Gasteiger partial charge in [-0.05, 0) is 81.0 Å². The van der Waals surface area contributed by atoms with Crippen LogP contribution in [0.2, 0.25) is 0 Å². The van der Waals surface area contributed by atoms with Gasteiger partial charge < -0.3 is 0 Å². The molecular weight excluding hydrogens is 220 g/mol. The fraction of sp³-hybridized carbons (Fsp3) is 0.588. The van der Waals surface area contributed by atoms with Crippen LogP contribution >= 0.6 is 0 Å². The monoisotopic (exact) mass is 242 g/mol. The minimum absolute atomic E-state index is 0.312. The molecule has 1 aromatic rings. The van der Waals surface area contributed by atoms with Gasteiger partial charge in [-0.3, -0.25) is 4.79 Å². The smallest absolute Gasteiger partial charge is 0.166 e. The Kier molecular flexibility index (Phi) is 2.62. The molecule has 0 heterocycles. The minimum atomic E-state index is 0.312. The van der Waals surface area contributed by atoms with Crippen LogP contribution in [0.15, 0.2) is 6.07 Å². The summed E-state index contributed by atoms with van der Waals surface area (Å²) in [6, 6.07) is 2.20. The summed E-state index contributed by atoms with van der Waals surface area (Å²) >= 11 is 0. The first kappa shape index (κ1) is 12.0. The van der Waals surface area contributed by atoms with Gasteiger partial charge in [-0.2, -0.15) is 0 Å². The van der Waals surface area contributed by atoms with Crippen LogP contribution in [0.3, 0.4) is 0 Å². The van der Waals surface area contributed by atoms with Crippen molar-refractivity contribution in [1.82, 2.24) is 0 Å². The summed E-state index contributed by atoms with van der Waals surface area (Å²) in [6.07, 6.45) is 3.68. The Balaban J connectivity index is 1.98. The minimum Gasteiger partial charge on any atom is -0.294 e. The van der Waals surface area contributed by atoms with Gasteiger partial charge in [-0.1, -0.05) is 6.07 Å². The Bertz CT molecular complexity index is 491. The number of carbonyl (C=O) groups is 1. The van der Waals surface area contributed by atoms with E-state index < -0.39 is 0 Å². The van der Waals surface area contributed by atoms with Crippen molar-refractivity contribution in [1.29, 1.82) is 0 Å². The summed E-state index contributed by atoms with van der Waals surface area (Å²) in [7, 11) is 0. The van der Waals surface area contributed by atoms with Crippen molar-refractivity contribution in [2.24, 2.45) is 17.8 Å². The van der Waals surface area contributed by atoms with Gasteiger partial charge in [-0.25, -0.2) is 0 Å². The lowest BCUT2D eigenvalue weighted by atomic mass is 9.85. The van der Waals surface area contributed by atoms with Crippen molar-refractivity contribution in [2.45, 2.75) is 47.0 Å². The highest BCUT2D eigenvalue weighted by Gasteiger charge is 2.48. The van der Waals surface area contributed by atoms with Crippen molar-refractivity contribution in [2.75, 3.05) is 0 Å². The molecule has 96 valence electrons. The number of fused-ring (bicyclic) bond motifs is 1. The third-order valence-electron chi connectivity index (χ3n) is 5.23. The van der Waals surface area contributed by atoms with Gasteiger partial charge in [0.2, 0.25) is 0 Å². The van der Waals surface area contributed by atoms with E-state index in [-0.39, 0.29) is 0 Å². The van der Waals surface area contributed by atoms with Gasteiger partial charge in [0, 0.05) is 11.5 Å². The maximum absolute atomic E-state index is 12.8. The molecule has 0 spiro atoms. The summed E-state index contributed by atoms with van der Waals surface area (Å²) < 4.78 is 0. The predicted molar refractivity (Wildman–Crippen MR) is 74.0 cm³/mol. The second kappa shape index (κ2) is 3.94. The maximum Gasteiger partial charge on any atom is 0.166 e. The van der Waals surface area contributed by atoms with Crippen LogP contribution in [0.5, 0.6) is 0 Å². The first-order chi connectivity index (χ1) is 8.49. The quantitative estimate of drug-likeness (QED) is 0.712. The number of benzene rings is 1. The largest absolute Gasteiger partial charge is 0.294 e. The van der Waals surface area contributed by atoms with E-state index in [0.717, 1.165) is 30.2 Å². The highest BCUT2D eigenvalue weighted by atomic mass is 16.1. The van der Waals surface area contributed by atoms with E-state index >= 15 is 0 Å². The molecule has 0 aromatic heterocycles. The van der Waals surface area contributed by atoms with Crippen LogP contribution in [0.1, 0.15) is 51.9 Å². The predicted octanol–water partition coefficient (Wildman–Crippen LogP) is 4.15. The molecular formula is C17H22O. The second-order valence-electron chi connectivity index (χ2n) is 6.42. The zero-order valence-corrected chi connectivity index (χ0v) is 11.8. The lowest BCUT2D eigenvalue weighted by molar-refractivity contribution is 0.0913. The molecule has 3 rings (SSSR count). The number of hydrogen-bond donors (Lipinski definition) is 0. The zero-order chi connectivity index (χ0) is 13.0. The molecule has 18 heavy (non-hydrogen) atoms. The van der Waals surface area contributed by atoms with Crippen molar-refractivity contribution in [3.63, 3.8) is 0 Å². The van der Waals surface area contributed by atoms with Gasteiger partial charge in [-0.15, -0.1) is 0 Å². The first-order valence-electron chi connectivity index (χ1n) is 7.10. The van der Waals surface area contributed by atoms with Crippen molar-refractivity contribution < 1.29 is 4.79 Å². The summed E-state index contributed by atoms with van der Waals surface area (Å²) in [5.41, 5.74) is 5.93. The lowest BCUT2D eigenvalue weighted by Crippen LogP contribution is -2.17. The Morgan fingerprint density at radius 3 is 1.94 bits per heavy atom. The molecule has 2 aliphatic rings. The molecule has 0 amide bonds. The lowest BCUT2D eigenvalue weighted by Gasteiger charge is -2.18. The maximum atomic E-state index is 12.8. The molecule has 0 N–H and O–H groups in total. The SMILES string of the molecule is Cc1cc(C)c(C)c(C(=O)C2CC3CC3C2)c1C. The van der Waals surface area contributed by atoms with E-state index in [1.54, 1.807) is 0 Å². The first-order valence-corrected chi connectivity index (χ1v) is 7.10. The molecule has 2 unspecified atom stereocenters. The molecule has 0 aliphatic heterocycles. The molecule has 2 saturated carbocycles. The number of ketones is 1. The normalized spacial score (nSPS) is 29.2. The fourth-order valence-corrected chi connectivity index (χ4v) is 3.72. The molecule has 1 heteroatoms. The molecule has 0 saturated heterocycles. The van der Waals surface area contributed by atoms with Crippen molar-refractivity contribution >= 4 is 5.78 Å². The summed E-state index contributed by atoms with van der Waals surface area (Å²) in [5, 5.41) is 0. The van der Waals surface area contributed by atoms with Gasteiger partial charge >= 0.3 is 0 Å². The summed E-state index contributed by atoms with van der Waals surface area (Å²) in [4.78, 5) is 12.8. The highest BCUT2D eigenvalue weighted by molar-refractivity contribution is 6.01. The molecule has 1 nitrogen and oxygen atoms in total. The third-order valence-corrected chi connectivity index (χ3v) is 5.23. The van der Waals surface area contributed by atoms with Crippen LogP contribution in [-0.4, -0.2) is 5.78 Å². The van der Waals surface area contributed by atoms with Crippen LogP contribution in [0.25, 0.3) is 0 Å². The topological polar surface area (TPSA) is 17.1 Å². The van der Waals surface area contributed by atoms with E-state index in [2.05, 4.69) is 33.8 Å². The number of hydrogen-bond acceptors (Lipinski definition) is 1. The van der Waals surface area contributed by atoms with Crippen molar-refractivity contribution in [3.05, 3.63) is 33.9 Å². The molecule has 0 bridgehead atoms. The van der Waals surface area contributed by atoms with E-state index in [1.807, 2.05) is 0 Å². The third kappa shape index (κ3) is 1.72. The Hall–Kier alpha value is -1.11. The van der Waals surface area contributed by atoms with Crippen LogP contribution in [0.4, 0.5) is 0 Å². The number of carbonyl (C=O) groups excluding carboxylic acids is 1. The van der Waals surface area contributed by atoms with Crippen LogP contribution < -0.4 is 0 Å². The van der Waals surface area contributed by atoms with E-state index in [9.17, 15) is 4.79 Å². The standard InChI is InChI=1S/C17H22O/c1-9-5-10(2)12(4)16(11(9)3)17(18)15-7-13-6-14(13)8-15/h5,13-15H,6-8H2,1-4H3. The molecule has 2 atom stereocenters. The second-order valence-corrected chi connectivity index (χ2v) is 6.42. The summed E-state index contributed by atoms with van der Waals surface area (Å²) in [6.45, 7) is 8.44. The van der Waals surface area contributed by atoms with Crippen LogP contribution in [0, 0.1) is 45.4 Å². The fourth-order valence-electron chi connectivity index (χ4n) is 3.72. The van der Waals surface area contributed by atoms with E-state index in [4.69, 9.17) is 0 Å². The highest BCUT2D eigenvalue weighted by Crippen LogP contribution is 2.55.